The van der Waals surface area contributed by atoms with Gasteiger partial charge in [0.15, 0.2) is 0 Å². The van der Waals surface area contributed by atoms with Crippen LogP contribution in [-0.4, -0.2) is 63.7 Å². The van der Waals surface area contributed by atoms with Crippen molar-refractivity contribution in [1.29, 1.82) is 0 Å². The van der Waals surface area contributed by atoms with E-state index in [2.05, 4.69) is 20.1 Å². The van der Waals surface area contributed by atoms with Gasteiger partial charge in [0, 0.05) is 33.2 Å². The second-order valence-corrected chi connectivity index (χ2v) is 9.62. The van der Waals surface area contributed by atoms with Gasteiger partial charge in [-0.05, 0) is 25.3 Å². The van der Waals surface area contributed by atoms with Crippen LogP contribution in [0.4, 0.5) is 0 Å². The van der Waals surface area contributed by atoms with Crippen molar-refractivity contribution in [1.82, 2.24) is 29.1 Å². The molecule has 0 amide bonds. The molecule has 1 saturated heterocycles. The Balaban J connectivity index is 1.41. The summed E-state index contributed by atoms with van der Waals surface area (Å²) < 4.78 is 34.6. The van der Waals surface area contributed by atoms with Crippen molar-refractivity contribution in [2.75, 3.05) is 26.2 Å². The first-order chi connectivity index (χ1) is 13.4. The van der Waals surface area contributed by atoms with E-state index in [1.54, 1.807) is 36.9 Å². The number of aryl methyl sites for hydroxylation is 2. The van der Waals surface area contributed by atoms with Gasteiger partial charge in [0.2, 0.25) is 21.7 Å². The lowest BCUT2D eigenvalue weighted by molar-refractivity contribution is 0.163. The van der Waals surface area contributed by atoms with Crippen molar-refractivity contribution in [3.05, 3.63) is 34.8 Å². The third-order valence-corrected chi connectivity index (χ3v) is 7.96. The normalized spacial score (nSPS) is 16.7. The minimum atomic E-state index is -3.55. The van der Waals surface area contributed by atoms with E-state index < -0.39 is 10.0 Å². The van der Waals surface area contributed by atoms with Gasteiger partial charge in [0.25, 0.3) is 0 Å². The maximum Gasteiger partial charge on any atom is 0.246 e. The highest BCUT2D eigenvalue weighted by Crippen LogP contribution is 2.25. The smallest absolute Gasteiger partial charge is 0.246 e. The van der Waals surface area contributed by atoms with E-state index in [1.807, 2.05) is 17.5 Å². The molecule has 0 atom stereocenters. The topological polar surface area (TPSA) is 97.4 Å². The lowest BCUT2D eigenvalue weighted by Crippen LogP contribution is -2.48. The monoisotopic (exact) mass is 422 g/mol. The average molecular weight is 423 g/mol. The SMILES string of the molecule is Cc1nn(C)c(C)c1S(=O)(=O)N1CCN(Cc2nc(-c3cccs3)no2)CC1. The first-order valence-electron chi connectivity index (χ1n) is 8.95. The number of thiophene rings is 1. The molecule has 9 nitrogen and oxygen atoms in total. The molecule has 4 rings (SSSR count). The summed E-state index contributed by atoms with van der Waals surface area (Å²) in [6.07, 6.45) is 0. The zero-order chi connectivity index (χ0) is 19.9. The van der Waals surface area contributed by atoms with E-state index in [-0.39, 0.29) is 0 Å². The largest absolute Gasteiger partial charge is 0.338 e. The van der Waals surface area contributed by atoms with Gasteiger partial charge in [-0.2, -0.15) is 14.4 Å². The van der Waals surface area contributed by atoms with E-state index in [0.29, 0.717) is 60.7 Å². The summed E-state index contributed by atoms with van der Waals surface area (Å²) in [5.41, 5.74) is 1.20. The first-order valence-corrected chi connectivity index (χ1v) is 11.3. The third-order valence-electron chi connectivity index (χ3n) is 4.94. The van der Waals surface area contributed by atoms with Gasteiger partial charge < -0.3 is 4.52 Å². The van der Waals surface area contributed by atoms with Crippen molar-refractivity contribution in [3.8, 4) is 10.7 Å². The number of piperazine rings is 1. The van der Waals surface area contributed by atoms with Crippen LogP contribution >= 0.6 is 11.3 Å². The maximum absolute atomic E-state index is 13.1. The quantitative estimate of drug-likeness (QED) is 0.617. The molecule has 0 N–H and O–H groups in total. The van der Waals surface area contributed by atoms with E-state index in [4.69, 9.17) is 4.52 Å². The molecule has 11 heteroatoms. The Morgan fingerprint density at radius 1 is 1.21 bits per heavy atom. The third kappa shape index (κ3) is 3.50. The van der Waals surface area contributed by atoms with Crippen LogP contribution in [0.5, 0.6) is 0 Å². The molecule has 1 aliphatic heterocycles. The zero-order valence-corrected chi connectivity index (χ0v) is 17.6. The molecule has 3 aromatic rings. The number of hydrogen-bond donors (Lipinski definition) is 0. The Bertz CT molecular complexity index is 1060. The standard InChI is InChI=1S/C17H22N6O3S2/c1-12-16(13(2)21(3)19-12)28(24,25)23-8-6-22(7-9-23)11-15-18-17(20-26-15)14-5-4-10-27-14/h4-5,10H,6-9,11H2,1-3H3. The second kappa shape index (κ2) is 7.39. The molecule has 0 aliphatic carbocycles. The minimum absolute atomic E-state index is 0.320. The molecule has 3 aromatic heterocycles. The molecule has 1 aliphatic rings. The number of aromatic nitrogens is 4. The Kier molecular flexibility index (Phi) is 5.08. The highest BCUT2D eigenvalue weighted by Gasteiger charge is 2.33. The van der Waals surface area contributed by atoms with E-state index >= 15 is 0 Å². The molecule has 0 radical (unpaired) electrons. The fourth-order valence-electron chi connectivity index (χ4n) is 3.40. The number of sulfonamides is 1. The lowest BCUT2D eigenvalue weighted by Gasteiger charge is -2.33. The van der Waals surface area contributed by atoms with Gasteiger partial charge >= 0.3 is 0 Å². The summed E-state index contributed by atoms with van der Waals surface area (Å²) >= 11 is 1.56. The van der Waals surface area contributed by atoms with Crippen molar-refractivity contribution in [2.45, 2.75) is 25.3 Å². The molecule has 28 heavy (non-hydrogen) atoms. The molecule has 0 bridgehead atoms. The van der Waals surface area contributed by atoms with E-state index in [0.717, 1.165) is 4.88 Å². The van der Waals surface area contributed by atoms with Crippen molar-refractivity contribution < 1.29 is 12.9 Å². The number of rotatable bonds is 5. The Hall–Kier alpha value is -2.08. The van der Waals surface area contributed by atoms with Crippen molar-refractivity contribution >= 4 is 21.4 Å². The van der Waals surface area contributed by atoms with Gasteiger partial charge in [-0.15, -0.1) is 11.3 Å². The van der Waals surface area contributed by atoms with Crippen LogP contribution in [0.2, 0.25) is 0 Å². The molecular formula is C17H22N6O3S2. The fourth-order valence-corrected chi connectivity index (χ4v) is 5.87. The Morgan fingerprint density at radius 2 is 1.96 bits per heavy atom. The van der Waals surface area contributed by atoms with Gasteiger partial charge in [0.1, 0.15) is 4.90 Å². The summed E-state index contributed by atoms with van der Waals surface area (Å²) in [5.74, 6) is 1.13. The maximum atomic E-state index is 13.1. The predicted octanol–water partition coefficient (Wildman–Crippen LogP) is 1.65. The summed E-state index contributed by atoms with van der Waals surface area (Å²) in [5, 5.41) is 10.2. The first kappa shape index (κ1) is 19.2. The minimum Gasteiger partial charge on any atom is -0.338 e. The molecule has 0 spiro atoms. The fraction of sp³-hybridized carbons (Fsp3) is 0.471. The Morgan fingerprint density at radius 3 is 2.57 bits per heavy atom. The van der Waals surface area contributed by atoms with Crippen LogP contribution < -0.4 is 0 Å². The van der Waals surface area contributed by atoms with Crippen LogP contribution in [0, 0.1) is 13.8 Å². The summed E-state index contributed by atoms with van der Waals surface area (Å²) in [6.45, 7) is 6.07. The van der Waals surface area contributed by atoms with Gasteiger partial charge in [-0.1, -0.05) is 11.2 Å². The van der Waals surface area contributed by atoms with Crippen molar-refractivity contribution in [2.24, 2.45) is 7.05 Å². The molecule has 0 unspecified atom stereocenters. The van der Waals surface area contributed by atoms with Crippen molar-refractivity contribution in [3.63, 3.8) is 0 Å². The molecule has 0 aromatic carbocycles. The van der Waals surface area contributed by atoms with Crippen LogP contribution in [0.25, 0.3) is 10.7 Å². The molecule has 0 saturated carbocycles. The number of nitrogens with zero attached hydrogens (tertiary/aromatic N) is 6. The molecular weight excluding hydrogens is 400 g/mol. The van der Waals surface area contributed by atoms with Gasteiger partial charge in [-0.25, -0.2) is 8.42 Å². The van der Waals surface area contributed by atoms with Crippen LogP contribution in [0.3, 0.4) is 0 Å². The summed E-state index contributed by atoms with van der Waals surface area (Å²) in [7, 11) is -1.79. The van der Waals surface area contributed by atoms with Gasteiger partial charge in [0.05, 0.1) is 22.8 Å². The summed E-state index contributed by atoms with van der Waals surface area (Å²) in [6, 6.07) is 3.90. The molecule has 150 valence electrons. The van der Waals surface area contributed by atoms with E-state index in [9.17, 15) is 8.42 Å². The van der Waals surface area contributed by atoms with Crippen LogP contribution in [-0.2, 0) is 23.6 Å². The molecule has 1 fully saturated rings. The lowest BCUT2D eigenvalue weighted by atomic mass is 10.3. The highest BCUT2D eigenvalue weighted by atomic mass is 32.2. The van der Waals surface area contributed by atoms with Crippen LogP contribution in [0.15, 0.2) is 26.9 Å². The molecule has 4 heterocycles. The summed E-state index contributed by atoms with van der Waals surface area (Å²) in [4.78, 5) is 7.85. The Labute approximate surface area is 167 Å². The second-order valence-electron chi connectivity index (χ2n) is 6.79. The zero-order valence-electron chi connectivity index (χ0n) is 16.0. The van der Waals surface area contributed by atoms with Gasteiger partial charge in [-0.3, -0.25) is 9.58 Å². The van der Waals surface area contributed by atoms with Crippen LogP contribution in [0.1, 0.15) is 17.3 Å². The number of hydrogen-bond acceptors (Lipinski definition) is 8. The highest BCUT2D eigenvalue weighted by molar-refractivity contribution is 7.89. The predicted molar refractivity (Wildman–Crippen MR) is 104 cm³/mol. The van der Waals surface area contributed by atoms with E-state index in [1.165, 1.54) is 4.31 Å². The average Bonchev–Trinajstić information content (AvgIpc) is 3.37.